The van der Waals surface area contributed by atoms with Gasteiger partial charge < -0.3 is 5.32 Å². The average molecular weight is 529 g/mol. The molecule has 1 N–H and O–H groups in total. The zero-order valence-electron chi connectivity index (χ0n) is 26.4. The lowest BCUT2D eigenvalue weighted by Gasteiger charge is -2.10. The molecule has 0 saturated heterocycles. The van der Waals surface area contributed by atoms with Crippen molar-refractivity contribution >= 4 is 17.1 Å². The maximum atomic E-state index is 4.30. The largest absolute Gasteiger partial charge is 0.343 e. The molecule has 0 aliphatic carbocycles. The van der Waals surface area contributed by atoms with Crippen LogP contribution in [0.5, 0.6) is 0 Å². The molecule has 0 radical (unpaired) electrons. The molecule has 0 aromatic heterocycles. The van der Waals surface area contributed by atoms with E-state index in [9.17, 15) is 0 Å². The number of benzene rings is 2. The first kappa shape index (κ1) is 35.9. The lowest BCUT2D eigenvalue weighted by Crippen LogP contribution is -2.19. The number of rotatable bonds is 9. The third-order valence-corrected chi connectivity index (χ3v) is 5.93. The highest BCUT2D eigenvalue weighted by atomic mass is 15.0. The Morgan fingerprint density at radius 1 is 0.769 bits per heavy atom. The van der Waals surface area contributed by atoms with Crippen LogP contribution in [-0.4, -0.2) is 5.84 Å². The fraction of sp³-hybridized carbons (Fsp3) is 0.432. The van der Waals surface area contributed by atoms with E-state index in [1.165, 1.54) is 59.9 Å². The molecule has 0 saturated carbocycles. The topological polar surface area (TPSA) is 24.4 Å². The molecule has 1 aliphatic rings. The smallest absolute Gasteiger partial charge is 0.110 e. The van der Waals surface area contributed by atoms with Gasteiger partial charge in [-0.1, -0.05) is 133 Å². The molecule has 0 unspecified atom stereocenters. The van der Waals surface area contributed by atoms with E-state index in [1.54, 1.807) is 0 Å². The van der Waals surface area contributed by atoms with Gasteiger partial charge in [0.1, 0.15) is 5.84 Å². The molecule has 2 nitrogen and oxygen atoms in total. The Morgan fingerprint density at radius 3 is 1.77 bits per heavy atom. The molecule has 39 heavy (non-hydrogen) atoms. The van der Waals surface area contributed by atoms with Crippen molar-refractivity contribution in [1.29, 1.82) is 0 Å². The van der Waals surface area contributed by atoms with Gasteiger partial charge in [-0.15, -0.1) is 6.58 Å². The van der Waals surface area contributed by atoms with E-state index in [-0.39, 0.29) is 0 Å². The van der Waals surface area contributed by atoms with Crippen molar-refractivity contribution in [1.82, 2.24) is 5.32 Å². The van der Waals surface area contributed by atoms with Gasteiger partial charge in [0.2, 0.25) is 0 Å². The Bertz CT molecular complexity index is 1040. The summed E-state index contributed by atoms with van der Waals surface area (Å²) in [6, 6.07) is 17.0. The Labute approximate surface area is 241 Å². The second-order valence-corrected chi connectivity index (χ2v) is 10.5. The number of aliphatic imine (C=N–C) groups is 1. The summed E-state index contributed by atoms with van der Waals surface area (Å²) >= 11 is 0. The first-order chi connectivity index (χ1) is 18.6. The molecule has 2 aromatic rings. The lowest BCUT2D eigenvalue weighted by molar-refractivity contribution is 0.656. The molecule has 0 spiro atoms. The highest BCUT2D eigenvalue weighted by Crippen LogP contribution is 2.15. The molecule has 2 heteroatoms. The number of nitrogens with zero attached hydrogens (tertiary/aromatic N) is 1. The van der Waals surface area contributed by atoms with Gasteiger partial charge in [0.25, 0.3) is 0 Å². The first-order valence-corrected chi connectivity index (χ1v) is 14.7. The predicted octanol–water partition coefficient (Wildman–Crippen LogP) is 11.4. The van der Waals surface area contributed by atoms with Gasteiger partial charge >= 0.3 is 0 Å². The maximum absolute atomic E-state index is 4.30. The molecule has 0 bridgehead atoms. The van der Waals surface area contributed by atoms with Crippen LogP contribution in [-0.2, 0) is 12.8 Å². The zero-order chi connectivity index (χ0) is 29.6. The number of amidine groups is 1. The van der Waals surface area contributed by atoms with Gasteiger partial charge in [0.15, 0.2) is 0 Å². The van der Waals surface area contributed by atoms with Crippen LogP contribution < -0.4 is 5.32 Å². The number of hydrogen-bond donors (Lipinski definition) is 1. The second-order valence-electron chi connectivity index (χ2n) is 10.5. The minimum Gasteiger partial charge on any atom is -0.343 e. The number of unbranched alkanes of at least 4 members (excludes halogenated alkanes) is 4. The van der Waals surface area contributed by atoms with Crippen molar-refractivity contribution in [3.8, 4) is 0 Å². The molecule has 1 heterocycles. The summed E-state index contributed by atoms with van der Waals surface area (Å²) in [6.07, 6.45) is 12.0. The Kier molecular flexibility index (Phi) is 20.0. The van der Waals surface area contributed by atoms with E-state index in [4.69, 9.17) is 0 Å². The van der Waals surface area contributed by atoms with Crippen molar-refractivity contribution in [2.75, 3.05) is 0 Å². The number of nitrogens with one attached hydrogen (secondary N) is 1. The van der Waals surface area contributed by atoms with E-state index in [1.807, 2.05) is 27.0 Å². The van der Waals surface area contributed by atoms with Gasteiger partial charge in [-0.2, -0.15) is 0 Å². The molecular formula is C37H56N2. The Balaban J connectivity index is 0.000000564. The van der Waals surface area contributed by atoms with Gasteiger partial charge in [-0.25, -0.2) is 4.99 Å². The van der Waals surface area contributed by atoms with Crippen LogP contribution in [0.2, 0.25) is 0 Å². The monoisotopic (exact) mass is 528 g/mol. The first-order valence-electron chi connectivity index (χ1n) is 14.7. The third-order valence-electron chi connectivity index (χ3n) is 5.93. The third kappa shape index (κ3) is 17.9. The van der Waals surface area contributed by atoms with Crippen LogP contribution in [0.15, 0.2) is 90.6 Å². The van der Waals surface area contributed by atoms with Crippen LogP contribution in [0.1, 0.15) is 116 Å². The summed E-state index contributed by atoms with van der Waals surface area (Å²) in [5, 5.41) is 3.27. The number of hydrogen-bond acceptors (Lipinski definition) is 2. The van der Waals surface area contributed by atoms with E-state index < -0.39 is 0 Å². The standard InChI is InChI=1S/C15H18N2.C11H14.C7H16.C4H8/c1-4-13-5-7-14(8-6-13)12(3)17-15-9-11(2)10-16-15;1-4-10-6-5-7-11(8-10)9(2)3;1-3-5-7-6-4-2;1-4(2)3/h5-8,10H,3-4,9H2,1-2H3,(H,16,17);5-8H,2,4H2,1,3H3;3-7H2,1-2H3;1H2,2-3H3. The van der Waals surface area contributed by atoms with Crippen molar-refractivity contribution in [2.45, 2.75) is 107 Å². The van der Waals surface area contributed by atoms with E-state index in [0.717, 1.165) is 41.9 Å². The molecule has 214 valence electrons. The van der Waals surface area contributed by atoms with Crippen molar-refractivity contribution in [3.63, 3.8) is 0 Å². The maximum Gasteiger partial charge on any atom is 0.110 e. The quantitative estimate of drug-likeness (QED) is 0.254. The molecule has 0 amide bonds. The highest BCUT2D eigenvalue weighted by molar-refractivity contribution is 5.93. The molecule has 3 rings (SSSR count). The minimum absolute atomic E-state index is 0.895. The van der Waals surface area contributed by atoms with Crippen LogP contribution in [0, 0.1) is 0 Å². The van der Waals surface area contributed by atoms with E-state index in [0.29, 0.717) is 0 Å². The molecule has 1 aliphatic heterocycles. The van der Waals surface area contributed by atoms with Crippen molar-refractivity contribution in [2.24, 2.45) is 4.99 Å². The van der Waals surface area contributed by atoms with E-state index in [2.05, 4.69) is 113 Å². The summed E-state index contributed by atoms with van der Waals surface area (Å²) < 4.78 is 0. The minimum atomic E-state index is 0.895. The van der Waals surface area contributed by atoms with Crippen molar-refractivity contribution in [3.05, 3.63) is 108 Å². The van der Waals surface area contributed by atoms with Crippen molar-refractivity contribution < 1.29 is 0 Å². The van der Waals surface area contributed by atoms with Crippen LogP contribution in [0.3, 0.4) is 0 Å². The second kappa shape index (κ2) is 21.8. The lowest BCUT2D eigenvalue weighted by atomic mass is 10.0. The summed E-state index contributed by atoms with van der Waals surface area (Å²) in [5.41, 5.74) is 9.60. The number of aryl methyl sites for hydroxylation is 2. The Morgan fingerprint density at radius 2 is 1.33 bits per heavy atom. The van der Waals surface area contributed by atoms with Crippen LogP contribution in [0.25, 0.3) is 11.3 Å². The summed E-state index contributed by atoms with van der Waals surface area (Å²) in [5.74, 6) is 0.979. The summed E-state index contributed by atoms with van der Waals surface area (Å²) in [6.45, 7) is 28.4. The van der Waals surface area contributed by atoms with E-state index >= 15 is 0 Å². The highest BCUT2D eigenvalue weighted by Gasteiger charge is 2.08. The van der Waals surface area contributed by atoms with Crippen LogP contribution in [0.4, 0.5) is 0 Å². The molecule has 2 aromatic carbocycles. The van der Waals surface area contributed by atoms with Gasteiger partial charge in [-0.05, 0) is 68.4 Å². The summed E-state index contributed by atoms with van der Waals surface area (Å²) in [4.78, 5) is 4.30. The Hall–Kier alpha value is -3.13. The van der Waals surface area contributed by atoms with Gasteiger partial charge in [0, 0.05) is 18.3 Å². The predicted molar refractivity (Wildman–Crippen MR) is 179 cm³/mol. The van der Waals surface area contributed by atoms with Gasteiger partial charge in [-0.3, -0.25) is 0 Å². The van der Waals surface area contributed by atoms with Crippen LogP contribution >= 0.6 is 0 Å². The normalized spacial score (nSPS) is 11.3. The average Bonchev–Trinajstić information content (AvgIpc) is 3.33. The summed E-state index contributed by atoms with van der Waals surface area (Å²) in [7, 11) is 0. The van der Waals surface area contributed by atoms with Gasteiger partial charge in [0.05, 0.1) is 0 Å². The fourth-order valence-electron chi connectivity index (χ4n) is 3.54. The molecular weight excluding hydrogens is 472 g/mol. The SMILES string of the molecule is C=C(C)C.C=C(C)c1cccc(CC)c1.C=C(NC1=NC=C(C)C1)c1ccc(CC)cc1.CCCCCCC. The fourth-order valence-corrected chi connectivity index (χ4v) is 3.54. The molecule has 0 fully saturated rings. The molecule has 0 atom stereocenters. The number of allylic oxidation sites excluding steroid dienone is 2. The zero-order valence-corrected chi connectivity index (χ0v) is 26.4.